The maximum atomic E-state index is 14.4. The Balaban J connectivity index is 1.69. The lowest BCUT2D eigenvalue weighted by atomic mass is 10.1. The number of nitrogens with zero attached hydrogens (tertiary/aromatic N) is 4. The summed E-state index contributed by atoms with van der Waals surface area (Å²) in [7, 11) is -16.8. The van der Waals surface area contributed by atoms with Crippen LogP contribution >= 0.6 is 23.5 Å². The van der Waals surface area contributed by atoms with Crippen LogP contribution in [0.5, 0.6) is 0 Å². The summed E-state index contributed by atoms with van der Waals surface area (Å²) in [5.41, 5.74) is 5.88. The number of phosphoric ester groups is 1. The summed E-state index contributed by atoms with van der Waals surface area (Å²) in [6.45, 7) is -1.08. The molecule has 7 N–H and O–H groups in total. The number of alkyl halides is 1. The van der Waals surface area contributed by atoms with Gasteiger partial charge in [0, 0.05) is 0 Å². The Bertz CT molecular complexity index is 1110. The van der Waals surface area contributed by atoms with Gasteiger partial charge in [0.15, 0.2) is 23.9 Å². The van der Waals surface area contributed by atoms with Crippen LogP contribution in [0.3, 0.4) is 0 Å². The van der Waals surface area contributed by atoms with E-state index in [0.717, 1.165) is 17.2 Å². The van der Waals surface area contributed by atoms with E-state index < -0.39 is 54.7 Å². The molecule has 174 valence electrons. The molecule has 6 atom stereocenters. The monoisotopic (exact) mass is 509 g/mol. The van der Waals surface area contributed by atoms with Crippen LogP contribution < -0.4 is 5.73 Å². The van der Waals surface area contributed by atoms with E-state index in [0.29, 0.717) is 0 Å². The molecule has 0 bridgehead atoms. The first-order valence-electron chi connectivity index (χ1n) is 7.88. The van der Waals surface area contributed by atoms with E-state index in [1.54, 1.807) is 0 Å². The Kier molecular flexibility index (Phi) is 6.66. The van der Waals surface area contributed by atoms with Crippen molar-refractivity contribution in [2.24, 2.45) is 0 Å². The van der Waals surface area contributed by atoms with Gasteiger partial charge < -0.3 is 35.2 Å². The Morgan fingerprint density at radius 3 is 2.45 bits per heavy atom. The third kappa shape index (κ3) is 5.70. The largest absolute Gasteiger partial charge is 0.490 e. The van der Waals surface area contributed by atoms with Crippen molar-refractivity contribution in [1.82, 2.24) is 19.5 Å². The molecule has 3 rings (SSSR count). The second-order valence-corrected chi connectivity index (χ2v) is 10.4. The van der Waals surface area contributed by atoms with Gasteiger partial charge in [-0.3, -0.25) is 9.09 Å². The van der Waals surface area contributed by atoms with Gasteiger partial charge in [0.25, 0.3) is 0 Å². The van der Waals surface area contributed by atoms with Gasteiger partial charge in [0.2, 0.25) is 0 Å². The van der Waals surface area contributed by atoms with Gasteiger partial charge in [-0.05, 0) is 0 Å². The quantitative estimate of drug-likeness (QED) is 0.241. The minimum Gasteiger partial charge on any atom is -0.385 e. The van der Waals surface area contributed by atoms with E-state index >= 15 is 0 Å². The molecule has 17 nitrogen and oxygen atoms in total. The molecule has 0 radical (unpaired) electrons. The minimum absolute atomic E-state index is 0.0113. The van der Waals surface area contributed by atoms with Gasteiger partial charge in [-0.15, -0.1) is 0 Å². The fourth-order valence-corrected chi connectivity index (χ4v) is 5.63. The molecular formula is C10H15FN5O12P3. The Hall–Kier alpha value is -1.39. The molecule has 1 saturated heterocycles. The van der Waals surface area contributed by atoms with Crippen LogP contribution in [0.15, 0.2) is 12.7 Å². The zero-order valence-electron chi connectivity index (χ0n) is 14.9. The molecule has 0 aliphatic carbocycles. The minimum atomic E-state index is -5.73. The van der Waals surface area contributed by atoms with Crippen molar-refractivity contribution in [2.75, 3.05) is 12.3 Å². The summed E-state index contributed by atoms with van der Waals surface area (Å²) in [5, 5.41) is 10.1. The molecule has 31 heavy (non-hydrogen) atoms. The summed E-state index contributed by atoms with van der Waals surface area (Å²) in [6, 6.07) is 0. The summed E-state index contributed by atoms with van der Waals surface area (Å²) in [6.07, 6.45) is -4.85. The second kappa shape index (κ2) is 8.51. The number of hydrogen-bond donors (Lipinski definition) is 6. The summed E-state index contributed by atoms with van der Waals surface area (Å²) >= 11 is 0. The number of aliphatic hydroxyl groups is 1. The number of anilines is 1. The fourth-order valence-electron chi connectivity index (χ4n) is 2.60. The lowest BCUT2D eigenvalue weighted by Gasteiger charge is -2.18. The Morgan fingerprint density at radius 1 is 1.13 bits per heavy atom. The van der Waals surface area contributed by atoms with Crippen LogP contribution in [0.25, 0.3) is 11.2 Å². The highest BCUT2D eigenvalue weighted by atomic mass is 31.3. The number of ether oxygens (including phenoxy) is 1. The third-order valence-corrected chi connectivity index (χ3v) is 7.57. The zero-order valence-corrected chi connectivity index (χ0v) is 17.5. The number of nitrogens with two attached hydrogens (primary N) is 1. The van der Waals surface area contributed by atoms with Crippen molar-refractivity contribution in [2.45, 2.75) is 24.6 Å². The van der Waals surface area contributed by atoms with E-state index in [2.05, 4.69) is 28.1 Å². The highest BCUT2D eigenvalue weighted by molar-refractivity contribution is 7.66. The lowest BCUT2D eigenvalue weighted by Crippen LogP contribution is -2.30. The van der Waals surface area contributed by atoms with Crippen molar-refractivity contribution in [3.8, 4) is 0 Å². The summed E-state index contributed by atoms with van der Waals surface area (Å²) in [5.74, 6) is 0.0113. The first-order chi connectivity index (χ1) is 14.2. The van der Waals surface area contributed by atoms with E-state index in [-0.39, 0.29) is 17.0 Å². The first-order valence-corrected chi connectivity index (χ1v) is 12.4. The molecule has 3 heterocycles. The van der Waals surface area contributed by atoms with Crippen molar-refractivity contribution >= 4 is 40.4 Å². The average Bonchev–Trinajstić information content (AvgIpc) is 3.13. The van der Waals surface area contributed by atoms with Gasteiger partial charge in [-0.1, -0.05) is 0 Å². The van der Waals surface area contributed by atoms with E-state index in [1.807, 2.05) is 0 Å². The molecule has 6 unspecified atom stereocenters. The molecule has 0 aromatic carbocycles. The number of nitrogen functional groups attached to an aromatic ring is 1. The zero-order chi connectivity index (χ0) is 23.2. The molecule has 1 aliphatic heterocycles. The predicted octanol–water partition coefficient (Wildman–Crippen LogP) is -0.652. The maximum absolute atomic E-state index is 14.4. The maximum Gasteiger partial charge on any atom is 0.490 e. The molecular weight excluding hydrogens is 494 g/mol. The number of imidazole rings is 1. The van der Waals surface area contributed by atoms with Gasteiger partial charge >= 0.3 is 23.5 Å². The molecule has 1 aliphatic rings. The van der Waals surface area contributed by atoms with Crippen molar-refractivity contribution in [3.63, 3.8) is 0 Å². The first kappa shape index (κ1) is 24.3. The Labute approximate surface area is 171 Å². The second-order valence-electron chi connectivity index (χ2n) is 5.97. The van der Waals surface area contributed by atoms with Crippen LogP contribution in [0, 0.1) is 0 Å². The van der Waals surface area contributed by atoms with Crippen LogP contribution in [0.4, 0.5) is 10.2 Å². The van der Waals surface area contributed by atoms with Crippen molar-refractivity contribution < 1.29 is 60.6 Å². The van der Waals surface area contributed by atoms with Gasteiger partial charge in [-0.2, -0.15) is 8.62 Å². The smallest absolute Gasteiger partial charge is 0.385 e. The topological polar surface area (TPSA) is 259 Å². The molecule has 21 heteroatoms. The van der Waals surface area contributed by atoms with Gasteiger partial charge in [0.05, 0.1) is 12.9 Å². The fraction of sp³-hybridized carbons (Fsp3) is 0.500. The lowest BCUT2D eigenvalue weighted by molar-refractivity contribution is -0.0489. The normalized spacial score (nSPS) is 28.5. The Morgan fingerprint density at radius 2 is 1.81 bits per heavy atom. The number of hydrogen-bond acceptors (Lipinski definition) is 12. The van der Waals surface area contributed by atoms with Crippen LogP contribution in [-0.2, 0) is 31.6 Å². The summed E-state index contributed by atoms with van der Waals surface area (Å²) in [4.78, 5) is 47.0. The molecule has 0 saturated carbocycles. The van der Waals surface area contributed by atoms with E-state index in [1.165, 1.54) is 0 Å². The number of rotatable bonds is 8. The van der Waals surface area contributed by atoms with Gasteiger partial charge in [-0.25, -0.2) is 33.0 Å². The third-order valence-electron chi connectivity index (χ3n) is 3.77. The highest BCUT2D eigenvalue weighted by Crippen LogP contribution is 2.66. The van der Waals surface area contributed by atoms with Gasteiger partial charge in [0.1, 0.15) is 24.1 Å². The molecule has 1 fully saturated rings. The predicted molar refractivity (Wildman–Crippen MR) is 94.4 cm³/mol. The molecule has 0 amide bonds. The van der Waals surface area contributed by atoms with Crippen LogP contribution in [0.2, 0.25) is 0 Å². The number of fused-ring (bicyclic) bond motifs is 1. The van der Waals surface area contributed by atoms with E-state index in [9.17, 15) is 28.1 Å². The SMILES string of the molecule is Nc1ncnc2c1ncn2C1OC(COP(=O)(O)OP(=O)(O)OP(=O)(O)O)C(F)C1O. The highest BCUT2D eigenvalue weighted by Gasteiger charge is 2.48. The number of aromatic nitrogens is 4. The molecule has 2 aromatic rings. The van der Waals surface area contributed by atoms with Crippen molar-refractivity contribution in [3.05, 3.63) is 12.7 Å². The van der Waals surface area contributed by atoms with Crippen LogP contribution in [-0.4, -0.2) is 69.2 Å². The summed E-state index contributed by atoms with van der Waals surface area (Å²) < 4.78 is 65.9. The van der Waals surface area contributed by atoms with E-state index in [4.69, 9.17) is 25.2 Å². The average molecular weight is 509 g/mol. The van der Waals surface area contributed by atoms with Crippen LogP contribution in [0.1, 0.15) is 6.23 Å². The molecule has 2 aromatic heterocycles. The number of phosphoric acid groups is 3. The number of halogens is 1. The number of aliphatic hydroxyl groups excluding tert-OH is 1. The molecule has 0 spiro atoms. The van der Waals surface area contributed by atoms with Crippen molar-refractivity contribution in [1.29, 1.82) is 0 Å². The standard InChI is InChI=1S/C10H15FN5O12P3/c11-5-4(1-25-30(21,22)28-31(23,24)27-29(18,19)20)26-10(7(5)17)16-3-15-6-8(12)13-2-14-9(6)16/h2-5,7,10,17H,1H2,(H,21,22)(H,23,24)(H2,12,13,14)(H2,18,19,20).